The third-order valence-electron chi connectivity index (χ3n) is 7.70. The third-order valence-corrected chi connectivity index (χ3v) is 7.70. The first-order valence-electron chi connectivity index (χ1n) is 13.8. The van der Waals surface area contributed by atoms with Crippen molar-refractivity contribution in [2.75, 3.05) is 0 Å². The zero-order chi connectivity index (χ0) is 27.6. The maximum absolute atomic E-state index is 14.3. The summed E-state index contributed by atoms with van der Waals surface area (Å²) in [6, 6.07) is 10.4. The van der Waals surface area contributed by atoms with Gasteiger partial charge in [0.2, 0.25) is 0 Å². The fraction of sp³-hybridized carbons (Fsp3) is 0.433. The minimum Gasteiger partial charge on any atom is -0.334 e. The number of nitrogens with one attached hydrogen (secondary N) is 1. The van der Waals surface area contributed by atoms with Crippen molar-refractivity contribution < 1.29 is 0 Å². The van der Waals surface area contributed by atoms with Crippen LogP contribution in [0.2, 0.25) is 0 Å². The number of hydrogen-bond acceptors (Lipinski definition) is 5. The van der Waals surface area contributed by atoms with Crippen molar-refractivity contribution in [3.05, 3.63) is 82.3 Å². The number of allylic oxidation sites excluding steroid dienone is 1. The molecule has 1 aliphatic heterocycles. The van der Waals surface area contributed by atoms with Crippen LogP contribution in [0.5, 0.6) is 0 Å². The molecule has 5 rings (SSSR count). The molecule has 3 aromatic heterocycles. The van der Waals surface area contributed by atoms with Gasteiger partial charge < -0.3 is 4.57 Å². The number of tetrazole rings is 1. The molecule has 1 atom stereocenters. The van der Waals surface area contributed by atoms with E-state index in [1.54, 1.807) is 0 Å². The Morgan fingerprint density at radius 3 is 2.67 bits per heavy atom. The Kier molecular flexibility index (Phi) is 7.25. The normalized spacial score (nSPS) is 17.3. The van der Waals surface area contributed by atoms with Crippen LogP contribution in [0.1, 0.15) is 70.7 Å². The van der Waals surface area contributed by atoms with Crippen molar-refractivity contribution in [1.29, 1.82) is 0 Å². The highest BCUT2D eigenvalue weighted by atomic mass is 16.1. The Morgan fingerprint density at radius 2 is 2.00 bits per heavy atom. The van der Waals surface area contributed by atoms with Crippen LogP contribution in [0.25, 0.3) is 17.2 Å². The lowest BCUT2D eigenvalue weighted by Crippen LogP contribution is -2.37. The van der Waals surface area contributed by atoms with E-state index in [2.05, 4.69) is 101 Å². The lowest BCUT2D eigenvalue weighted by molar-refractivity contribution is 0.438. The minimum absolute atomic E-state index is 0.00844. The lowest BCUT2D eigenvalue weighted by Gasteiger charge is -2.32. The molecule has 1 aliphatic rings. The maximum Gasteiger partial charge on any atom is 0.334 e. The highest BCUT2D eigenvalue weighted by Gasteiger charge is 2.34. The highest BCUT2D eigenvalue weighted by Crippen LogP contribution is 2.36. The number of aliphatic imine (C=N–C) groups is 1. The Labute approximate surface area is 229 Å². The van der Waals surface area contributed by atoms with Gasteiger partial charge in [-0.15, -0.1) is 5.10 Å². The molecule has 39 heavy (non-hydrogen) atoms. The minimum atomic E-state index is -0.443. The van der Waals surface area contributed by atoms with Crippen molar-refractivity contribution in [3.8, 4) is 17.2 Å². The van der Waals surface area contributed by atoms with Gasteiger partial charge in [0.1, 0.15) is 5.82 Å². The van der Waals surface area contributed by atoms with E-state index in [1.807, 2.05) is 33.7 Å². The average molecular weight is 527 g/mol. The van der Waals surface area contributed by atoms with E-state index >= 15 is 0 Å². The zero-order valence-corrected chi connectivity index (χ0v) is 23.6. The van der Waals surface area contributed by atoms with Crippen LogP contribution in [0, 0.1) is 0 Å². The van der Waals surface area contributed by atoms with Crippen LogP contribution in [0.4, 0.5) is 0 Å². The second-order valence-corrected chi connectivity index (χ2v) is 11.4. The Hall–Kier alpha value is -4.01. The molecule has 4 aromatic rings. The van der Waals surface area contributed by atoms with Gasteiger partial charge in [-0.05, 0) is 59.7 Å². The molecule has 204 valence electrons. The van der Waals surface area contributed by atoms with Gasteiger partial charge in [-0.3, -0.25) is 14.1 Å². The number of H-pyrrole nitrogens is 1. The standard InChI is InChI=1S/C30H38N8O/c1-6-8-12-24-20-37(27-25(29(3,4)5)13-18-36(27)7-2)28(39)38(24)21-30(14-16-31-17-15-30)23-11-9-10-22(19-23)26-32-34-35-33-26/h9-11,13-14,16-20H,6-8,12,15,21H2,1-5H3,(H,32,33,34,35). The largest absolute Gasteiger partial charge is 0.334 e. The van der Waals surface area contributed by atoms with Crippen LogP contribution in [-0.2, 0) is 30.3 Å². The van der Waals surface area contributed by atoms with E-state index in [-0.39, 0.29) is 11.1 Å². The van der Waals surface area contributed by atoms with Gasteiger partial charge in [0.15, 0.2) is 5.82 Å². The number of unbranched alkanes of at least 4 members (excludes halogenated alkanes) is 1. The summed E-state index contributed by atoms with van der Waals surface area (Å²) in [7, 11) is 0. The molecule has 0 saturated heterocycles. The number of aromatic amines is 1. The molecule has 0 aliphatic carbocycles. The monoisotopic (exact) mass is 526 g/mol. The number of rotatable bonds is 9. The summed E-state index contributed by atoms with van der Waals surface area (Å²) < 4.78 is 6.04. The lowest BCUT2D eigenvalue weighted by atomic mass is 9.76. The van der Waals surface area contributed by atoms with Gasteiger partial charge in [0.25, 0.3) is 0 Å². The number of imidazole rings is 1. The third kappa shape index (κ3) is 5.05. The van der Waals surface area contributed by atoms with Crippen molar-refractivity contribution in [2.45, 2.75) is 84.2 Å². The van der Waals surface area contributed by atoms with Gasteiger partial charge in [-0.1, -0.05) is 58.4 Å². The molecule has 1 N–H and O–H groups in total. The van der Waals surface area contributed by atoms with E-state index in [1.165, 1.54) is 5.56 Å². The molecule has 9 heteroatoms. The quantitative estimate of drug-likeness (QED) is 0.324. The SMILES string of the molecule is CCCCc1cn(-c2c(C(C)(C)C)ccn2CC)c(=O)n1CC1(c2cccc(-c3nnn[nH]3)c2)C=CN=CC1. The van der Waals surface area contributed by atoms with Gasteiger partial charge >= 0.3 is 5.69 Å². The molecule has 9 nitrogen and oxygen atoms in total. The maximum atomic E-state index is 14.3. The molecule has 0 saturated carbocycles. The second-order valence-electron chi connectivity index (χ2n) is 11.4. The molecule has 1 aromatic carbocycles. The highest BCUT2D eigenvalue weighted by molar-refractivity contribution is 5.65. The van der Waals surface area contributed by atoms with Crippen LogP contribution in [0.15, 0.2) is 64.8 Å². The number of aromatic nitrogens is 7. The number of hydrogen-bond donors (Lipinski definition) is 1. The van der Waals surface area contributed by atoms with Gasteiger partial charge in [-0.2, -0.15) is 0 Å². The fourth-order valence-corrected chi connectivity index (χ4v) is 5.47. The number of nitrogens with zero attached hydrogens (tertiary/aromatic N) is 7. The summed E-state index contributed by atoms with van der Waals surface area (Å²) in [4.78, 5) is 18.7. The summed E-state index contributed by atoms with van der Waals surface area (Å²) in [6.07, 6.45) is 13.7. The van der Waals surface area contributed by atoms with E-state index < -0.39 is 5.41 Å². The van der Waals surface area contributed by atoms with Gasteiger partial charge in [0, 0.05) is 60.1 Å². The van der Waals surface area contributed by atoms with E-state index in [0.29, 0.717) is 18.8 Å². The molecule has 0 radical (unpaired) electrons. The Balaban J connectivity index is 1.65. The second kappa shape index (κ2) is 10.6. The zero-order valence-electron chi connectivity index (χ0n) is 23.6. The Bertz CT molecular complexity index is 1540. The molecule has 0 fully saturated rings. The summed E-state index contributed by atoms with van der Waals surface area (Å²) in [5.74, 6) is 1.57. The van der Waals surface area contributed by atoms with Crippen LogP contribution >= 0.6 is 0 Å². The molecule has 0 amide bonds. The average Bonchev–Trinajstić information content (AvgIpc) is 3.68. The predicted molar refractivity (Wildman–Crippen MR) is 155 cm³/mol. The van der Waals surface area contributed by atoms with Gasteiger partial charge in [0.05, 0.1) is 0 Å². The fourth-order valence-electron chi connectivity index (χ4n) is 5.47. The predicted octanol–water partition coefficient (Wildman–Crippen LogP) is 5.21. The molecule has 0 bridgehead atoms. The summed E-state index contributed by atoms with van der Waals surface area (Å²) in [5, 5.41) is 14.4. The first-order valence-corrected chi connectivity index (χ1v) is 13.8. The molecule has 1 unspecified atom stereocenters. The summed E-state index contributed by atoms with van der Waals surface area (Å²) in [5.41, 5.74) is 3.66. The van der Waals surface area contributed by atoms with Crippen molar-refractivity contribution in [1.82, 2.24) is 34.3 Å². The number of benzene rings is 1. The Morgan fingerprint density at radius 1 is 1.15 bits per heavy atom. The van der Waals surface area contributed by atoms with Crippen LogP contribution in [-0.4, -0.2) is 40.5 Å². The van der Waals surface area contributed by atoms with Crippen molar-refractivity contribution in [2.24, 2.45) is 4.99 Å². The summed E-state index contributed by atoms with van der Waals surface area (Å²) >= 11 is 0. The van der Waals surface area contributed by atoms with Gasteiger partial charge in [-0.25, -0.2) is 9.89 Å². The first-order chi connectivity index (χ1) is 18.8. The van der Waals surface area contributed by atoms with Crippen LogP contribution < -0.4 is 5.69 Å². The molecule has 0 spiro atoms. The topological polar surface area (TPSA) is 98.7 Å². The van der Waals surface area contributed by atoms with Crippen LogP contribution in [0.3, 0.4) is 0 Å². The molecular weight excluding hydrogens is 488 g/mol. The van der Waals surface area contributed by atoms with E-state index in [4.69, 9.17) is 0 Å². The summed E-state index contributed by atoms with van der Waals surface area (Å²) in [6.45, 7) is 12.2. The van der Waals surface area contributed by atoms with Crippen molar-refractivity contribution >= 4 is 6.21 Å². The number of aryl methyl sites for hydroxylation is 2. The van der Waals surface area contributed by atoms with E-state index in [0.717, 1.165) is 48.4 Å². The van der Waals surface area contributed by atoms with E-state index in [9.17, 15) is 4.79 Å². The first kappa shape index (κ1) is 26.6. The smallest absolute Gasteiger partial charge is 0.334 e. The van der Waals surface area contributed by atoms with Crippen molar-refractivity contribution in [3.63, 3.8) is 0 Å². The molecular formula is C30H38N8O. The molecule has 4 heterocycles.